The van der Waals surface area contributed by atoms with Crippen LogP contribution in [0.1, 0.15) is 46.4 Å². The number of nitrogens with one attached hydrogen (secondary N) is 2. The summed E-state index contributed by atoms with van der Waals surface area (Å²) in [6, 6.07) is 6.99. The Kier molecular flexibility index (Phi) is 8.49. The van der Waals surface area contributed by atoms with Crippen molar-refractivity contribution in [2.45, 2.75) is 31.8 Å². The van der Waals surface area contributed by atoms with Gasteiger partial charge in [-0.05, 0) is 37.8 Å². The summed E-state index contributed by atoms with van der Waals surface area (Å²) in [6.45, 7) is 2.77. The lowest BCUT2D eigenvalue weighted by Crippen LogP contribution is -2.41. The van der Waals surface area contributed by atoms with Gasteiger partial charge in [-0.3, -0.25) is 19.5 Å². The molecule has 27 heavy (non-hydrogen) atoms. The second kappa shape index (κ2) is 10.6. The van der Waals surface area contributed by atoms with E-state index in [4.69, 9.17) is 4.74 Å². The molecule has 0 saturated carbocycles. The lowest BCUT2D eigenvalue weighted by atomic mass is 10.1. The van der Waals surface area contributed by atoms with Crippen molar-refractivity contribution >= 4 is 41.8 Å². The standard InChI is InChI=1S/C19H26N4O3.HI/c1-20-19(22-13-14-7-6-12-26-14)21-10-4-5-11-23-17(24)15-8-2-3-9-16(15)18(23)25;/h2-3,8-9,14H,4-7,10-13H2,1H3,(H2,20,21,22);1H. The lowest BCUT2D eigenvalue weighted by Gasteiger charge is -2.16. The molecule has 7 nitrogen and oxygen atoms in total. The Morgan fingerprint density at radius 3 is 2.48 bits per heavy atom. The number of imide groups is 1. The minimum atomic E-state index is -0.187. The minimum Gasteiger partial charge on any atom is -0.376 e. The number of carbonyl (C=O) groups is 2. The normalized spacial score (nSPS) is 19.1. The third-order valence-corrected chi connectivity index (χ3v) is 4.72. The molecule has 0 aliphatic carbocycles. The van der Waals surface area contributed by atoms with Crippen LogP contribution in [-0.4, -0.2) is 62.1 Å². The summed E-state index contributed by atoms with van der Waals surface area (Å²) in [4.78, 5) is 30.1. The third kappa shape index (κ3) is 5.41. The van der Waals surface area contributed by atoms with Crippen LogP contribution in [0.15, 0.2) is 29.3 Å². The van der Waals surface area contributed by atoms with Crippen LogP contribution in [0.25, 0.3) is 0 Å². The molecule has 1 saturated heterocycles. The monoisotopic (exact) mass is 486 g/mol. The summed E-state index contributed by atoms with van der Waals surface area (Å²) in [5.74, 6) is 0.376. The highest BCUT2D eigenvalue weighted by Crippen LogP contribution is 2.22. The van der Waals surface area contributed by atoms with E-state index in [0.717, 1.165) is 51.3 Å². The Balaban J connectivity index is 0.00000261. The molecule has 2 aliphatic rings. The van der Waals surface area contributed by atoms with Crippen LogP contribution in [-0.2, 0) is 4.74 Å². The van der Waals surface area contributed by atoms with Crippen molar-refractivity contribution in [3.05, 3.63) is 35.4 Å². The zero-order valence-corrected chi connectivity index (χ0v) is 17.9. The maximum Gasteiger partial charge on any atom is 0.261 e. The molecule has 0 spiro atoms. The first-order valence-corrected chi connectivity index (χ1v) is 9.22. The molecular formula is C19H27IN4O3. The molecular weight excluding hydrogens is 459 g/mol. The number of amides is 2. The molecule has 1 unspecified atom stereocenters. The summed E-state index contributed by atoms with van der Waals surface area (Å²) in [5.41, 5.74) is 1.02. The van der Waals surface area contributed by atoms with Gasteiger partial charge in [0.2, 0.25) is 0 Å². The van der Waals surface area contributed by atoms with Gasteiger partial charge in [0.15, 0.2) is 5.96 Å². The largest absolute Gasteiger partial charge is 0.376 e. The molecule has 1 aromatic rings. The van der Waals surface area contributed by atoms with Gasteiger partial charge < -0.3 is 15.4 Å². The van der Waals surface area contributed by atoms with Gasteiger partial charge in [0.25, 0.3) is 11.8 Å². The molecule has 1 atom stereocenters. The number of guanidine groups is 1. The average molecular weight is 486 g/mol. The average Bonchev–Trinajstić information content (AvgIpc) is 3.26. The number of fused-ring (bicyclic) bond motifs is 1. The number of rotatable bonds is 7. The quantitative estimate of drug-likeness (QED) is 0.203. The number of benzene rings is 1. The predicted molar refractivity (Wildman–Crippen MR) is 115 cm³/mol. The van der Waals surface area contributed by atoms with Gasteiger partial charge in [-0.15, -0.1) is 24.0 Å². The first kappa shape index (κ1) is 21.6. The summed E-state index contributed by atoms with van der Waals surface area (Å²) in [5, 5.41) is 6.52. The maximum atomic E-state index is 12.3. The number of nitrogens with zero attached hydrogens (tertiary/aromatic N) is 2. The van der Waals surface area contributed by atoms with Gasteiger partial charge >= 0.3 is 0 Å². The number of halogens is 1. The number of unbranched alkanes of at least 4 members (excludes halogenated alkanes) is 1. The maximum absolute atomic E-state index is 12.3. The SMILES string of the molecule is CN=C(NCCCCN1C(=O)c2ccccc2C1=O)NCC1CCCO1.I. The van der Waals surface area contributed by atoms with Crippen molar-refractivity contribution in [2.75, 3.05) is 33.3 Å². The Hall–Kier alpha value is -1.68. The molecule has 2 N–H and O–H groups in total. The predicted octanol–water partition coefficient (Wildman–Crippen LogP) is 2.02. The van der Waals surface area contributed by atoms with E-state index < -0.39 is 0 Å². The van der Waals surface area contributed by atoms with Gasteiger partial charge in [0.05, 0.1) is 17.2 Å². The van der Waals surface area contributed by atoms with Crippen molar-refractivity contribution in [1.29, 1.82) is 0 Å². The minimum absolute atomic E-state index is 0. The van der Waals surface area contributed by atoms with E-state index in [1.165, 1.54) is 4.90 Å². The second-order valence-electron chi connectivity index (χ2n) is 6.53. The van der Waals surface area contributed by atoms with E-state index in [-0.39, 0.29) is 41.9 Å². The van der Waals surface area contributed by atoms with Crippen LogP contribution < -0.4 is 10.6 Å². The Morgan fingerprint density at radius 1 is 1.19 bits per heavy atom. The Morgan fingerprint density at radius 2 is 1.89 bits per heavy atom. The summed E-state index contributed by atoms with van der Waals surface area (Å²) >= 11 is 0. The smallest absolute Gasteiger partial charge is 0.261 e. The second-order valence-corrected chi connectivity index (χ2v) is 6.53. The van der Waals surface area contributed by atoms with Crippen molar-refractivity contribution in [3.63, 3.8) is 0 Å². The molecule has 1 fully saturated rings. The fourth-order valence-electron chi connectivity index (χ4n) is 3.28. The molecule has 2 aliphatic heterocycles. The molecule has 2 heterocycles. The molecule has 2 amide bonds. The number of ether oxygens (including phenoxy) is 1. The van der Waals surface area contributed by atoms with E-state index in [9.17, 15) is 9.59 Å². The first-order chi connectivity index (χ1) is 12.7. The van der Waals surface area contributed by atoms with Crippen molar-refractivity contribution < 1.29 is 14.3 Å². The third-order valence-electron chi connectivity index (χ3n) is 4.72. The highest BCUT2D eigenvalue weighted by molar-refractivity contribution is 14.0. The molecule has 0 radical (unpaired) electrons. The fraction of sp³-hybridized carbons (Fsp3) is 0.526. The lowest BCUT2D eigenvalue weighted by molar-refractivity contribution is 0.0652. The molecule has 3 rings (SSSR count). The number of carbonyl (C=O) groups excluding carboxylic acids is 2. The summed E-state index contributed by atoms with van der Waals surface area (Å²) < 4.78 is 5.58. The molecule has 0 aromatic heterocycles. The van der Waals surface area contributed by atoms with Gasteiger partial charge in [-0.25, -0.2) is 0 Å². The molecule has 148 valence electrons. The van der Waals surface area contributed by atoms with Gasteiger partial charge in [0, 0.05) is 33.3 Å². The van der Waals surface area contributed by atoms with E-state index in [0.29, 0.717) is 17.7 Å². The summed E-state index contributed by atoms with van der Waals surface area (Å²) in [6.07, 6.45) is 4.07. The van der Waals surface area contributed by atoms with Crippen molar-refractivity contribution in [3.8, 4) is 0 Å². The van der Waals surface area contributed by atoms with E-state index in [2.05, 4.69) is 15.6 Å². The van der Waals surface area contributed by atoms with Gasteiger partial charge in [-0.1, -0.05) is 12.1 Å². The first-order valence-electron chi connectivity index (χ1n) is 9.22. The van der Waals surface area contributed by atoms with E-state index in [1.54, 1.807) is 31.3 Å². The summed E-state index contributed by atoms with van der Waals surface area (Å²) in [7, 11) is 1.74. The van der Waals surface area contributed by atoms with Crippen LogP contribution in [0, 0.1) is 0 Å². The number of hydrogen-bond donors (Lipinski definition) is 2. The highest BCUT2D eigenvalue weighted by Gasteiger charge is 2.34. The molecule has 1 aromatic carbocycles. The zero-order chi connectivity index (χ0) is 18.4. The van der Waals surface area contributed by atoms with Crippen molar-refractivity contribution in [2.24, 2.45) is 4.99 Å². The van der Waals surface area contributed by atoms with Crippen LogP contribution in [0.5, 0.6) is 0 Å². The fourth-order valence-corrected chi connectivity index (χ4v) is 3.28. The Labute approximate surface area is 176 Å². The molecule has 8 heteroatoms. The number of hydrogen-bond acceptors (Lipinski definition) is 4. The van der Waals surface area contributed by atoms with Crippen molar-refractivity contribution in [1.82, 2.24) is 15.5 Å². The van der Waals surface area contributed by atoms with Crippen LogP contribution in [0.3, 0.4) is 0 Å². The topological polar surface area (TPSA) is 83.0 Å². The van der Waals surface area contributed by atoms with Crippen LogP contribution in [0.4, 0.5) is 0 Å². The Bertz CT molecular complexity index is 654. The van der Waals surface area contributed by atoms with E-state index >= 15 is 0 Å². The van der Waals surface area contributed by atoms with Crippen LogP contribution >= 0.6 is 24.0 Å². The number of aliphatic imine (C=N–C) groups is 1. The van der Waals surface area contributed by atoms with E-state index in [1.807, 2.05) is 0 Å². The van der Waals surface area contributed by atoms with Crippen LogP contribution in [0.2, 0.25) is 0 Å². The molecule has 0 bridgehead atoms. The zero-order valence-electron chi connectivity index (χ0n) is 15.6. The van der Waals surface area contributed by atoms with Gasteiger partial charge in [-0.2, -0.15) is 0 Å². The highest BCUT2D eigenvalue weighted by atomic mass is 127. The van der Waals surface area contributed by atoms with Gasteiger partial charge in [0.1, 0.15) is 0 Å².